The average molecular weight is 300 g/mol. The largest absolute Gasteiger partial charge is 0.308 e. The maximum absolute atomic E-state index is 6.12. The van der Waals surface area contributed by atoms with Crippen molar-refractivity contribution in [1.29, 1.82) is 0 Å². The highest BCUT2D eigenvalue weighted by Gasteiger charge is 2.03. The van der Waals surface area contributed by atoms with Crippen LogP contribution in [0, 0.1) is 13.8 Å². The summed E-state index contributed by atoms with van der Waals surface area (Å²) in [7, 11) is 0. The molecule has 1 N–H and O–H groups in total. The molecular formula is C14H15Cl2NS. The van der Waals surface area contributed by atoms with E-state index < -0.39 is 0 Å². The van der Waals surface area contributed by atoms with Crippen molar-refractivity contribution >= 4 is 34.5 Å². The summed E-state index contributed by atoms with van der Waals surface area (Å²) >= 11 is 13.8. The Kier molecular flexibility index (Phi) is 4.68. The van der Waals surface area contributed by atoms with Crippen LogP contribution in [-0.2, 0) is 13.1 Å². The van der Waals surface area contributed by atoms with Gasteiger partial charge < -0.3 is 5.32 Å². The van der Waals surface area contributed by atoms with Crippen molar-refractivity contribution in [2.75, 3.05) is 0 Å². The molecule has 0 saturated carbocycles. The van der Waals surface area contributed by atoms with Crippen LogP contribution < -0.4 is 5.32 Å². The van der Waals surface area contributed by atoms with Crippen molar-refractivity contribution in [3.8, 4) is 0 Å². The van der Waals surface area contributed by atoms with Gasteiger partial charge in [0, 0.05) is 32.9 Å². The van der Waals surface area contributed by atoms with E-state index in [-0.39, 0.29) is 0 Å². The van der Waals surface area contributed by atoms with Gasteiger partial charge in [-0.25, -0.2) is 0 Å². The molecule has 0 unspecified atom stereocenters. The second kappa shape index (κ2) is 6.07. The summed E-state index contributed by atoms with van der Waals surface area (Å²) in [6, 6.07) is 7.84. The van der Waals surface area contributed by atoms with Crippen molar-refractivity contribution < 1.29 is 0 Å². The van der Waals surface area contributed by atoms with Crippen molar-refractivity contribution in [3.05, 3.63) is 55.2 Å². The standard InChI is InChI=1S/C14H15Cl2NS/c1-9-5-13(18-10(9)2)8-17-7-11-3-4-12(15)6-14(11)16/h3-6,17H,7-8H2,1-2H3. The zero-order valence-electron chi connectivity index (χ0n) is 10.4. The Bertz CT molecular complexity index is 529. The predicted molar refractivity (Wildman–Crippen MR) is 80.8 cm³/mol. The lowest BCUT2D eigenvalue weighted by Crippen LogP contribution is -2.12. The van der Waals surface area contributed by atoms with Crippen LogP contribution in [0.4, 0.5) is 0 Å². The second-order valence-corrected chi connectivity index (χ2v) is 6.48. The fourth-order valence-electron chi connectivity index (χ4n) is 1.72. The maximum atomic E-state index is 6.12. The fraction of sp³-hybridized carbons (Fsp3) is 0.286. The van der Waals surface area contributed by atoms with E-state index in [1.807, 2.05) is 23.5 Å². The number of hydrogen-bond acceptors (Lipinski definition) is 2. The molecule has 1 heterocycles. The zero-order chi connectivity index (χ0) is 13.1. The highest BCUT2D eigenvalue weighted by atomic mass is 35.5. The van der Waals surface area contributed by atoms with E-state index in [1.54, 1.807) is 6.07 Å². The van der Waals surface area contributed by atoms with Crippen molar-refractivity contribution in [2.45, 2.75) is 26.9 Å². The topological polar surface area (TPSA) is 12.0 Å². The number of rotatable bonds is 4. The highest BCUT2D eigenvalue weighted by molar-refractivity contribution is 7.12. The summed E-state index contributed by atoms with van der Waals surface area (Å²) in [6.07, 6.45) is 0. The molecule has 4 heteroatoms. The molecule has 0 radical (unpaired) electrons. The molecule has 0 fully saturated rings. The monoisotopic (exact) mass is 299 g/mol. The summed E-state index contributed by atoms with van der Waals surface area (Å²) in [5.74, 6) is 0. The minimum Gasteiger partial charge on any atom is -0.308 e. The van der Waals surface area contributed by atoms with Crippen LogP contribution in [0.15, 0.2) is 24.3 Å². The van der Waals surface area contributed by atoms with Crippen LogP contribution in [0.2, 0.25) is 10.0 Å². The number of halogens is 2. The lowest BCUT2D eigenvalue weighted by atomic mass is 10.2. The first-order valence-corrected chi connectivity index (χ1v) is 7.34. The first-order valence-electron chi connectivity index (χ1n) is 5.77. The van der Waals surface area contributed by atoms with Gasteiger partial charge in [-0.3, -0.25) is 0 Å². The van der Waals surface area contributed by atoms with Crippen LogP contribution in [0.3, 0.4) is 0 Å². The third kappa shape index (κ3) is 3.48. The van der Waals surface area contributed by atoms with Crippen LogP contribution >= 0.6 is 34.5 Å². The molecule has 18 heavy (non-hydrogen) atoms. The Labute approximate surface area is 122 Å². The third-order valence-electron chi connectivity index (χ3n) is 2.85. The van der Waals surface area contributed by atoms with Gasteiger partial charge in [-0.1, -0.05) is 29.3 Å². The number of aryl methyl sites for hydroxylation is 2. The van der Waals surface area contributed by atoms with Crippen LogP contribution in [0.5, 0.6) is 0 Å². The summed E-state index contributed by atoms with van der Waals surface area (Å²) in [5.41, 5.74) is 2.44. The molecule has 0 aliphatic heterocycles. The molecular weight excluding hydrogens is 285 g/mol. The minimum absolute atomic E-state index is 0.674. The molecule has 2 aromatic rings. The fourth-order valence-corrected chi connectivity index (χ4v) is 3.22. The van der Waals surface area contributed by atoms with Crippen LogP contribution in [0.25, 0.3) is 0 Å². The number of benzene rings is 1. The van der Waals surface area contributed by atoms with Crippen molar-refractivity contribution in [2.24, 2.45) is 0 Å². The Morgan fingerprint density at radius 3 is 2.50 bits per heavy atom. The Balaban J connectivity index is 1.92. The lowest BCUT2D eigenvalue weighted by Gasteiger charge is -2.06. The number of hydrogen-bond donors (Lipinski definition) is 1. The molecule has 0 aliphatic rings. The molecule has 1 nitrogen and oxygen atoms in total. The van der Waals surface area contributed by atoms with Gasteiger partial charge in [0.2, 0.25) is 0 Å². The summed E-state index contributed by atoms with van der Waals surface area (Å²) in [5, 5.41) is 4.79. The van der Waals surface area contributed by atoms with Crippen LogP contribution in [-0.4, -0.2) is 0 Å². The summed E-state index contributed by atoms with van der Waals surface area (Å²) in [6.45, 7) is 5.93. The molecule has 0 spiro atoms. The van der Waals surface area contributed by atoms with Crippen molar-refractivity contribution in [1.82, 2.24) is 5.32 Å². The van der Waals surface area contributed by atoms with E-state index in [2.05, 4.69) is 25.2 Å². The maximum Gasteiger partial charge on any atom is 0.0465 e. The van der Waals surface area contributed by atoms with Crippen molar-refractivity contribution in [3.63, 3.8) is 0 Å². The van der Waals surface area contributed by atoms with E-state index in [0.717, 1.165) is 18.7 Å². The van der Waals surface area contributed by atoms with E-state index in [0.29, 0.717) is 10.0 Å². The molecule has 2 rings (SSSR count). The van der Waals surface area contributed by atoms with Gasteiger partial charge >= 0.3 is 0 Å². The van der Waals surface area contributed by atoms with E-state index in [9.17, 15) is 0 Å². The summed E-state index contributed by atoms with van der Waals surface area (Å²) in [4.78, 5) is 2.74. The average Bonchev–Trinajstić information content (AvgIpc) is 2.61. The Morgan fingerprint density at radius 2 is 1.89 bits per heavy atom. The SMILES string of the molecule is Cc1cc(CNCc2ccc(Cl)cc2Cl)sc1C. The van der Waals surface area contributed by atoms with Gasteiger partial charge in [-0.2, -0.15) is 0 Å². The van der Waals surface area contributed by atoms with E-state index in [4.69, 9.17) is 23.2 Å². The molecule has 96 valence electrons. The van der Waals surface area contributed by atoms with Gasteiger partial charge in [-0.05, 0) is 43.2 Å². The molecule has 1 aromatic heterocycles. The van der Waals surface area contributed by atoms with E-state index >= 15 is 0 Å². The van der Waals surface area contributed by atoms with Crippen LogP contribution in [0.1, 0.15) is 20.9 Å². The predicted octanol–water partition coefficient (Wildman–Crippen LogP) is 4.96. The highest BCUT2D eigenvalue weighted by Crippen LogP contribution is 2.22. The molecule has 0 bridgehead atoms. The van der Waals surface area contributed by atoms with E-state index in [1.165, 1.54) is 15.3 Å². The third-order valence-corrected chi connectivity index (χ3v) is 4.59. The Morgan fingerprint density at radius 1 is 1.11 bits per heavy atom. The zero-order valence-corrected chi connectivity index (χ0v) is 12.7. The smallest absolute Gasteiger partial charge is 0.0465 e. The normalized spacial score (nSPS) is 10.9. The quantitative estimate of drug-likeness (QED) is 0.841. The van der Waals surface area contributed by atoms with Gasteiger partial charge in [0.15, 0.2) is 0 Å². The second-order valence-electron chi connectivity index (χ2n) is 4.29. The molecule has 0 amide bonds. The minimum atomic E-state index is 0.674. The first-order chi connectivity index (χ1) is 8.56. The Hall–Kier alpha value is -0.540. The molecule has 0 atom stereocenters. The molecule has 0 aliphatic carbocycles. The number of nitrogens with one attached hydrogen (secondary N) is 1. The van der Waals surface area contributed by atoms with Gasteiger partial charge in [0.05, 0.1) is 0 Å². The number of thiophene rings is 1. The van der Waals surface area contributed by atoms with Gasteiger partial charge in [0.1, 0.15) is 0 Å². The first kappa shape index (κ1) is 13.9. The molecule has 1 aromatic carbocycles. The van der Waals surface area contributed by atoms with Gasteiger partial charge in [0.25, 0.3) is 0 Å². The lowest BCUT2D eigenvalue weighted by molar-refractivity contribution is 0.701. The molecule has 0 saturated heterocycles. The summed E-state index contributed by atoms with van der Waals surface area (Å²) < 4.78 is 0. The van der Waals surface area contributed by atoms with Gasteiger partial charge in [-0.15, -0.1) is 11.3 Å².